The number of halogens is 2. The molecule has 2 aromatic carbocycles. The molecule has 5 nitrogen and oxygen atoms in total. The van der Waals surface area contributed by atoms with Gasteiger partial charge < -0.3 is 4.90 Å². The maximum Gasteiger partial charge on any atom is 0.253 e. The molecule has 0 aromatic heterocycles. The molecule has 2 aromatic rings. The van der Waals surface area contributed by atoms with Crippen LogP contribution in [-0.2, 0) is 6.54 Å². The number of nitrogens with zero attached hydrogens (tertiary/aromatic N) is 2. The number of hydrogen-bond acceptors (Lipinski definition) is 4. The molecule has 1 saturated heterocycles. The first kappa shape index (κ1) is 17.3. The standard InChI is InChI=1S/C18H19F2N3O2/c19-15-9-13(10-16(20)11-15)12-22-5-7-23(8-6-22)18(24)14-1-3-17(21-25)4-2-14/h1-4,9-11,21,25H,5-8,12H2. The van der Waals surface area contributed by atoms with Gasteiger partial charge in [0.2, 0.25) is 0 Å². The SMILES string of the molecule is O=C(c1ccc(NO)cc1)N1CCN(Cc2cc(F)cc(F)c2)CC1. The Labute approximate surface area is 144 Å². The zero-order valence-corrected chi connectivity index (χ0v) is 13.6. The number of rotatable bonds is 4. The van der Waals surface area contributed by atoms with Crippen molar-refractivity contribution in [3.05, 3.63) is 65.2 Å². The minimum atomic E-state index is -0.579. The fraction of sp³-hybridized carbons (Fsp3) is 0.278. The number of anilines is 1. The molecule has 2 N–H and O–H groups in total. The molecule has 0 spiro atoms. The molecule has 1 aliphatic rings. The van der Waals surface area contributed by atoms with Gasteiger partial charge in [-0.1, -0.05) is 0 Å². The summed E-state index contributed by atoms with van der Waals surface area (Å²) in [5.74, 6) is -1.23. The lowest BCUT2D eigenvalue weighted by atomic mass is 10.1. The highest BCUT2D eigenvalue weighted by molar-refractivity contribution is 5.94. The van der Waals surface area contributed by atoms with Crippen LogP contribution >= 0.6 is 0 Å². The molecule has 0 saturated carbocycles. The molecule has 132 valence electrons. The first-order chi connectivity index (χ1) is 12.0. The highest BCUT2D eigenvalue weighted by Crippen LogP contribution is 2.15. The zero-order chi connectivity index (χ0) is 17.8. The number of benzene rings is 2. The maximum atomic E-state index is 13.3. The van der Waals surface area contributed by atoms with Gasteiger partial charge in [-0.2, -0.15) is 0 Å². The third-order valence-corrected chi connectivity index (χ3v) is 4.25. The largest absolute Gasteiger partial charge is 0.336 e. The second kappa shape index (κ2) is 7.58. The van der Waals surface area contributed by atoms with E-state index in [4.69, 9.17) is 5.21 Å². The molecule has 0 aliphatic carbocycles. The molecule has 0 bridgehead atoms. The molecule has 0 unspecified atom stereocenters. The van der Waals surface area contributed by atoms with E-state index in [1.54, 1.807) is 29.2 Å². The first-order valence-corrected chi connectivity index (χ1v) is 8.02. The van der Waals surface area contributed by atoms with E-state index in [2.05, 4.69) is 4.90 Å². The normalized spacial score (nSPS) is 15.2. The van der Waals surface area contributed by atoms with Gasteiger partial charge in [0.1, 0.15) is 11.6 Å². The summed E-state index contributed by atoms with van der Waals surface area (Å²) in [6, 6.07) is 10.1. The van der Waals surface area contributed by atoms with Crippen molar-refractivity contribution in [2.45, 2.75) is 6.54 Å². The Balaban J connectivity index is 1.56. The first-order valence-electron chi connectivity index (χ1n) is 8.02. The summed E-state index contributed by atoms with van der Waals surface area (Å²) < 4.78 is 26.5. The second-order valence-corrected chi connectivity index (χ2v) is 6.04. The van der Waals surface area contributed by atoms with Gasteiger partial charge in [0, 0.05) is 44.4 Å². The van der Waals surface area contributed by atoms with Crippen molar-refractivity contribution in [3.63, 3.8) is 0 Å². The maximum absolute atomic E-state index is 13.3. The summed E-state index contributed by atoms with van der Waals surface area (Å²) in [4.78, 5) is 16.3. The van der Waals surface area contributed by atoms with Gasteiger partial charge in [0.25, 0.3) is 5.91 Å². The predicted octanol–water partition coefficient (Wildman–Crippen LogP) is 2.72. The molecule has 3 rings (SSSR count). The van der Waals surface area contributed by atoms with Gasteiger partial charge >= 0.3 is 0 Å². The molecule has 25 heavy (non-hydrogen) atoms. The highest BCUT2D eigenvalue weighted by atomic mass is 19.1. The molecule has 7 heteroatoms. The number of carbonyl (C=O) groups excluding carboxylic acids is 1. The minimum absolute atomic E-state index is 0.0686. The number of carbonyl (C=O) groups is 1. The Kier molecular flexibility index (Phi) is 5.25. The van der Waals surface area contributed by atoms with E-state index in [0.29, 0.717) is 49.5 Å². The highest BCUT2D eigenvalue weighted by Gasteiger charge is 2.22. The van der Waals surface area contributed by atoms with Crippen LogP contribution in [0.15, 0.2) is 42.5 Å². The fourth-order valence-electron chi connectivity index (χ4n) is 2.94. The van der Waals surface area contributed by atoms with Gasteiger partial charge in [0.05, 0.1) is 5.69 Å². The quantitative estimate of drug-likeness (QED) is 0.835. The topological polar surface area (TPSA) is 55.8 Å². The van der Waals surface area contributed by atoms with Crippen LogP contribution in [-0.4, -0.2) is 47.1 Å². The predicted molar refractivity (Wildman–Crippen MR) is 89.4 cm³/mol. The van der Waals surface area contributed by atoms with Crippen LogP contribution in [0.5, 0.6) is 0 Å². The van der Waals surface area contributed by atoms with Crippen LogP contribution in [0, 0.1) is 11.6 Å². The van der Waals surface area contributed by atoms with Crippen molar-refractivity contribution in [1.29, 1.82) is 0 Å². The van der Waals surface area contributed by atoms with Crippen LogP contribution in [0.3, 0.4) is 0 Å². The third kappa shape index (κ3) is 4.32. The van der Waals surface area contributed by atoms with E-state index in [0.717, 1.165) is 6.07 Å². The van der Waals surface area contributed by atoms with Gasteiger partial charge in [0.15, 0.2) is 0 Å². The summed E-state index contributed by atoms with van der Waals surface area (Å²) >= 11 is 0. The van der Waals surface area contributed by atoms with Crippen LogP contribution < -0.4 is 5.48 Å². The Morgan fingerprint density at radius 2 is 1.60 bits per heavy atom. The Hall–Kier alpha value is -2.51. The Bertz CT molecular complexity index is 724. The number of piperazine rings is 1. The van der Waals surface area contributed by atoms with Crippen LogP contribution in [0.1, 0.15) is 15.9 Å². The van der Waals surface area contributed by atoms with Gasteiger partial charge in [-0.25, -0.2) is 8.78 Å². The van der Waals surface area contributed by atoms with E-state index >= 15 is 0 Å². The molecule has 0 radical (unpaired) electrons. The molecule has 0 atom stereocenters. The summed E-state index contributed by atoms with van der Waals surface area (Å²) in [6.07, 6.45) is 0. The molecular weight excluding hydrogens is 328 g/mol. The Morgan fingerprint density at radius 1 is 1.00 bits per heavy atom. The summed E-state index contributed by atoms with van der Waals surface area (Å²) in [6.45, 7) is 2.83. The molecule has 1 heterocycles. The number of amides is 1. The van der Waals surface area contributed by atoms with E-state index < -0.39 is 11.6 Å². The summed E-state index contributed by atoms with van der Waals surface area (Å²) in [5, 5.41) is 8.80. The van der Waals surface area contributed by atoms with Crippen molar-refractivity contribution in [2.75, 3.05) is 31.7 Å². The lowest BCUT2D eigenvalue weighted by Crippen LogP contribution is -2.48. The van der Waals surface area contributed by atoms with Crippen LogP contribution in [0.2, 0.25) is 0 Å². The number of hydrogen-bond donors (Lipinski definition) is 2. The average molecular weight is 347 g/mol. The summed E-state index contributed by atoms with van der Waals surface area (Å²) in [7, 11) is 0. The van der Waals surface area contributed by atoms with E-state index in [1.807, 2.05) is 5.48 Å². The fourth-order valence-corrected chi connectivity index (χ4v) is 2.94. The molecule has 1 fully saturated rings. The lowest BCUT2D eigenvalue weighted by Gasteiger charge is -2.34. The van der Waals surface area contributed by atoms with Crippen molar-refractivity contribution in [2.24, 2.45) is 0 Å². The molecule has 1 amide bonds. The van der Waals surface area contributed by atoms with Gasteiger partial charge in [-0.3, -0.25) is 20.4 Å². The average Bonchev–Trinajstić information content (AvgIpc) is 2.61. The Morgan fingerprint density at radius 3 is 2.16 bits per heavy atom. The molecular formula is C18H19F2N3O2. The van der Waals surface area contributed by atoms with E-state index in [9.17, 15) is 13.6 Å². The van der Waals surface area contributed by atoms with Crippen molar-refractivity contribution in [3.8, 4) is 0 Å². The zero-order valence-electron chi connectivity index (χ0n) is 13.6. The van der Waals surface area contributed by atoms with Crippen LogP contribution in [0.25, 0.3) is 0 Å². The third-order valence-electron chi connectivity index (χ3n) is 4.25. The minimum Gasteiger partial charge on any atom is -0.336 e. The van der Waals surface area contributed by atoms with Gasteiger partial charge in [-0.15, -0.1) is 0 Å². The smallest absolute Gasteiger partial charge is 0.253 e. The second-order valence-electron chi connectivity index (χ2n) is 6.04. The van der Waals surface area contributed by atoms with E-state index in [1.165, 1.54) is 12.1 Å². The van der Waals surface area contributed by atoms with Crippen LogP contribution in [0.4, 0.5) is 14.5 Å². The van der Waals surface area contributed by atoms with E-state index in [-0.39, 0.29) is 5.91 Å². The molecule has 1 aliphatic heterocycles. The van der Waals surface area contributed by atoms with Gasteiger partial charge in [-0.05, 0) is 42.0 Å². The lowest BCUT2D eigenvalue weighted by molar-refractivity contribution is 0.0628. The van der Waals surface area contributed by atoms with Crippen molar-refractivity contribution >= 4 is 11.6 Å². The van der Waals surface area contributed by atoms with Crippen molar-refractivity contribution in [1.82, 2.24) is 9.80 Å². The monoisotopic (exact) mass is 347 g/mol. The summed E-state index contributed by atoms with van der Waals surface area (Å²) in [5.41, 5.74) is 3.68. The number of nitrogens with one attached hydrogen (secondary N) is 1. The van der Waals surface area contributed by atoms with Crippen molar-refractivity contribution < 1.29 is 18.8 Å².